The third-order valence-corrected chi connectivity index (χ3v) is 4.81. The molecule has 0 aliphatic carbocycles. The normalized spacial score (nSPS) is 18.0. The molecule has 0 saturated carbocycles. The second kappa shape index (κ2) is 6.26. The summed E-state index contributed by atoms with van der Waals surface area (Å²) in [6, 6.07) is 2.03. The van der Waals surface area contributed by atoms with E-state index >= 15 is 0 Å². The zero-order chi connectivity index (χ0) is 19.3. The number of aryl methyl sites for hydroxylation is 2. The van der Waals surface area contributed by atoms with Crippen molar-refractivity contribution in [2.24, 2.45) is 7.05 Å². The van der Waals surface area contributed by atoms with Crippen LogP contribution in [0.5, 0.6) is 0 Å². The lowest BCUT2D eigenvalue weighted by atomic mass is 9.96. The van der Waals surface area contributed by atoms with Gasteiger partial charge in [0, 0.05) is 25.6 Å². The van der Waals surface area contributed by atoms with Crippen LogP contribution in [0.1, 0.15) is 44.4 Å². The molecule has 1 saturated heterocycles. The molecule has 3 aromatic rings. The predicted molar refractivity (Wildman–Crippen MR) is 102 cm³/mol. The summed E-state index contributed by atoms with van der Waals surface area (Å²) in [5, 5.41) is 23.6. The Balaban J connectivity index is 1.79. The van der Waals surface area contributed by atoms with Gasteiger partial charge in [0.05, 0.1) is 17.5 Å². The Morgan fingerprint density at radius 1 is 1.19 bits per heavy atom. The Hall–Kier alpha value is -2.55. The second-order valence-electron chi connectivity index (χ2n) is 8.31. The number of hydrogen-bond acceptors (Lipinski definition) is 7. The van der Waals surface area contributed by atoms with Crippen LogP contribution in [0.25, 0.3) is 11.2 Å². The molecule has 0 bridgehead atoms. The van der Waals surface area contributed by atoms with Gasteiger partial charge in [-0.3, -0.25) is 4.68 Å². The van der Waals surface area contributed by atoms with Gasteiger partial charge in [0.2, 0.25) is 5.65 Å². The van der Waals surface area contributed by atoms with Gasteiger partial charge in [-0.15, -0.1) is 10.2 Å². The van der Waals surface area contributed by atoms with Gasteiger partial charge in [-0.1, -0.05) is 20.8 Å². The van der Waals surface area contributed by atoms with Crippen molar-refractivity contribution in [3.8, 4) is 0 Å². The molecule has 0 unspecified atom stereocenters. The summed E-state index contributed by atoms with van der Waals surface area (Å²) in [7, 11) is 1.92. The van der Waals surface area contributed by atoms with Crippen molar-refractivity contribution < 1.29 is 5.11 Å². The number of hydrogen-bond donors (Lipinski definition) is 1. The highest BCUT2D eigenvalue weighted by atomic mass is 16.3. The van der Waals surface area contributed by atoms with E-state index in [0.717, 1.165) is 36.0 Å². The van der Waals surface area contributed by atoms with Crippen LogP contribution in [0.2, 0.25) is 0 Å². The first-order valence-electron chi connectivity index (χ1n) is 9.26. The molecular formula is C18H26N8O. The van der Waals surface area contributed by atoms with Gasteiger partial charge in [-0.2, -0.15) is 9.90 Å². The van der Waals surface area contributed by atoms with Crippen LogP contribution in [0, 0.1) is 6.92 Å². The largest absolute Gasteiger partial charge is 0.391 e. The average Bonchev–Trinajstić information content (AvgIpc) is 3.25. The highest BCUT2D eigenvalue weighted by molar-refractivity contribution is 5.82. The van der Waals surface area contributed by atoms with Crippen molar-refractivity contribution in [3.63, 3.8) is 0 Å². The number of anilines is 1. The fourth-order valence-electron chi connectivity index (χ4n) is 3.36. The quantitative estimate of drug-likeness (QED) is 0.739. The summed E-state index contributed by atoms with van der Waals surface area (Å²) < 4.78 is 1.84. The van der Waals surface area contributed by atoms with Gasteiger partial charge < -0.3 is 10.0 Å². The summed E-state index contributed by atoms with van der Waals surface area (Å²) in [5.74, 6) is 1.49. The van der Waals surface area contributed by atoms with Crippen LogP contribution in [0.3, 0.4) is 0 Å². The van der Waals surface area contributed by atoms with Gasteiger partial charge in [0.15, 0.2) is 11.3 Å². The second-order valence-corrected chi connectivity index (χ2v) is 8.31. The number of aromatic nitrogens is 7. The van der Waals surface area contributed by atoms with Crippen molar-refractivity contribution in [3.05, 3.63) is 23.3 Å². The SMILES string of the molecule is Cc1cc(Cn2nc3nc(C(C)(C)C)nc(N4CC[C@H](O)C4)c3n2)n(C)n1. The Morgan fingerprint density at radius 3 is 2.56 bits per heavy atom. The van der Waals surface area contributed by atoms with Gasteiger partial charge in [-0.25, -0.2) is 9.97 Å². The maximum atomic E-state index is 9.96. The van der Waals surface area contributed by atoms with E-state index in [-0.39, 0.29) is 11.5 Å². The minimum Gasteiger partial charge on any atom is -0.391 e. The van der Waals surface area contributed by atoms with Crippen molar-refractivity contribution in [1.82, 2.24) is 34.7 Å². The molecule has 27 heavy (non-hydrogen) atoms. The van der Waals surface area contributed by atoms with E-state index in [1.807, 2.05) is 24.7 Å². The van der Waals surface area contributed by atoms with Crippen molar-refractivity contribution >= 4 is 17.0 Å². The van der Waals surface area contributed by atoms with E-state index < -0.39 is 0 Å². The maximum Gasteiger partial charge on any atom is 0.207 e. The van der Waals surface area contributed by atoms with Crippen LogP contribution >= 0.6 is 0 Å². The van der Waals surface area contributed by atoms with Crippen molar-refractivity contribution in [1.29, 1.82) is 0 Å². The monoisotopic (exact) mass is 370 g/mol. The van der Waals surface area contributed by atoms with E-state index in [2.05, 4.69) is 46.0 Å². The number of aliphatic hydroxyl groups excluding tert-OH is 1. The standard InChI is InChI=1S/C18H26N8O/c1-11-8-12(24(5)21-11)9-26-22-14-15(23-26)19-17(18(2,3)4)20-16(14)25-7-6-13(27)10-25/h8,13,27H,6-7,9-10H2,1-5H3/t13-/m0/s1. The lowest BCUT2D eigenvalue weighted by Crippen LogP contribution is -2.25. The first-order chi connectivity index (χ1) is 12.7. The van der Waals surface area contributed by atoms with Crippen LogP contribution in [0.15, 0.2) is 6.07 Å². The van der Waals surface area contributed by atoms with Crippen LogP contribution < -0.4 is 4.90 Å². The number of rotatable bonds is 3. The number of aliphatic hydroxyl groups is 1. The molecule has 0 amide bonds. The molecule has 1 aliphatic rings. The van der Waals surface area contributed by atoms with E-state index in [9.17, 15) is 5.11 Å². The Bertz CT molecular complexity index is 983. The number of fused-ring (bicyclic) bond motifs is 1. The van der Waals surface area contributed by atoms with Crippen molar-refractivity contribution in [2.75, 3.05) is 18.0 Å². The molecule has 0 aromatic carbocycles. The minimum atomic E-state index is -0.333. The molecule has 0 radical (unpaired) electrons. The average molecular weight is 370 g/mol. The van der Waals surface area contributed by atoms with Crippen molar-refractivity contribution in [2.45, 2.75) is 52.2 Å². The Morgan fingerprint density at radius 2 is 1.96 bits per heavy atom. The van der Waals surface area contributed by atoms with Gasteiger partial charge in [0.25, 0.3) is 0 Å². The lowest BCUT2D eigenvalue weighted by molar-refractivity contribution is 0.198. The highest BCUT2D eigenvalue weighted by Gasteiger charge is 2.28. The van der Waals surface area contributed by atoms with E-state index in [1.54, 1.807) is 4.80 Å². The third kappa shape index (κ3) is 3.39. The molecule has 1 aliphatic heterocycles. The molecule has 9 heteroatoms. The summed E-state index contributed by atoms with van der Waals surface area (Å²) in [4.78, 5) is 13.2. The third-order valence-electron chi connectivity index (χ3n) is 4.81. The fourth-order valence-corrected chi connectivity index (χ4v) is 3.36. The molecule has 3 aromatic heterocycles. The zero-order valence-corrected chi connectivity index (χ0v) is 16.5. The molecule has 0 spiro atoms. The van der Waals surface area contributed by atoms with Crippen LogP contribution in [0.4, 0.5) is 5.82 Å². The topological polar surface area (TPSA) is 97.8 Å². The van der Waals surface area contributed by atoms with Crippen LogP contribution in [-0.2, 0) is 19.0 Å². The molecule has 1 atom stereocenters. The summed E-state index contributed by atoms with van der Waals surface area (Å²) in [5.41, 5.74) is 3.05. The van der Waals surface area contributed by atoms with Gasteiger partial charge >= 0.3 is 0 Å². The number of nitrogens with zero attached hydrogens (tertiary/aromatic N) is 8. The Kier molecular flexibility index (Phi) is 4.14. The number of β-amino-alcohol motifs (C(OH)–C–C–N with tert-alkyl or cyclic N) is 1. The van der Waals surface area contributed by atoms with E-state index in [0.29, 0.717) is 24.3 Å². The minimum absolute atomic E-state index is 0.204. The predicted octanol–water partition coefficient (Wildman–Crippen LogP) is 1.18. The molecule has 1 N–H and O–H groups in total. The Labute approximate surface area is 158 Å². The van der Waals surface area contributed by atoms with Gasteiger partial charge in [-0.05, 0) is 19.4 Å². The lowest BCUT2D eigenvalue weighted by Gasteiger charge is -2.21. The summed E-state index contributed by atoms with van der Waals surface area (Å²) >= 11 is 0. The molecule has 4 heterocycles. The summed E-state index contributed by atoms with van der Waals surface area (Å²) in [6.07, 6.45) is 0.402. The van der Waals surface area contributed by atoms with E-state index in [1.165, 1.54) is 0 Å². The van der Waals surface area contributed by atoms with E-state index in [4.69, 9.17) is 4.98 Å². The van der Waals surface area contributed by atoms with Gasteiger partial charge in [0.1, 0.15) is 12.4 Å². The molecule has 9 nitrogen and oxygen atoms in total. The fraction of sp³-hybridized carbons (Fsp3) is 0.611. The zero-order valence-electron chi connectivity index (χ0n) is 16.5. The highest BCUT2D eigenvalue weighted by Crippen LogP contribution is 2.28. The maximum absolute atomic E-state index is 9.96. The summed E-state index contributed by atoms with van der Waals surface area (Å²) in [6.45, 7) is 10.0. The van der Waals surface area contributed by atoms with Crippen LogP contribution in [-0.4, -0.2) is 59.0 Å². The first-order valence-corrected chi connectivity index (χ1v) is 9.26. The molecule has 144 valence electrons. The molecule has 4 rings (SSSR count). The smallest absolute Gasteiger partial charge is 0.207 e. The molecular weight excluding hydrogens is 344 g/mol. The molecule has 1 fully saturated rings. The first kappa shape index (κ1) is 17.8.